The molecule has 3 aromatic rings. The fraction of sp³-hybridized carbons (Fsp3) is 0.333. The van der Waals surface area contributed by atoms with Gasteiger partial charge in [-0.2, -0.15) is 0 Å². The fourth-order valence-electron chi connectivity index (χ4n) is 3.76. The van der Waals surface area contributed by atoms with Crippen LogP contribution < -0.4 is 0 Å². The van der Waals surface area contributed by atoms with Gasteiger partial charge in [-0.05, 0) is 29.5 Å². The molecule has 0 bridgehead atoms. The van der Waals surface area contributed by atoms with Crippen molar-refractivity contribution in [1.82, 2.24) is 19.9 Å². The Morgan fingerprint density at radius 3 is 2.77 bits per heavy atom. The highest BCUT2D eigenvalue weighted by Crippen LogP contribution is 2.25. The highest BCUT2D eigenvalue weighted by molar-refractivity contribution is 5.31. The van der Waals surface area contributed by atoms with Crippen molar-refractivity contribution in [2.45, 2.75) is 32.4 Å². The van der Waals surface area contributed by atoms with Crippen LogP contribution in [-0.4, -0.2) is 33.0 Å². The summed E-state index contributed by atoms with van der Waals surface area (Å²) in [5.41, 5.74) is 4.46. The largest absolute Gasteiger partial charge is 0.296 e. The Labute approximate surface area is 153 Å². The van der Waals surface area contributed by atoms with Gasteiger partial charge in [0.1, 0.15) is 5.82 Å². The van der Waals surface area contributed by atoms with Crippen molar-refractivity contribution >= 4 is 0 Å². The van der Waals surface area contributed by atoms with Crippen LogP contribution in [0.5, 0.6) is 0 Å². The SMILES string of the molecule is CC1CN(Cc2cn(Cc3ccccc3F)nn2)CCc2ccccc21. The first-order valence-electron chi connectivity index (χ1n) is 9.11. The second-order valence-corrected chi connectivity index (χ2v) is 7.08. The van der Waals surface area contributed by atoms with Crippen LogP contribution in [0.4, 0.5) is 4.39 Å². The Morgan fingerprint density at radius 1 is 1.08 bits per heavy atom. The lowest BCUT2D eigenvalue weighted by atomic mass is 9.96. The van der Waals surface area contributed by atoms with Gasteiger partial charge in [-0.15, -0.1) is 5.10 Å². The molecule has 0 saturated heterocycles. The van der Waals surface area contributed by atoms with Gasteiger partial charge in [0.05, 0.1) is 18.4 Å². The zero-order valence-electron chi connectivity index (χ0n) is 15.0. The average Bonchev–Trinajstić information content (AvgIpc) is 3.01. The summed E-state index contributed by atoms with van der Waals surface area (Å²) in [6.07, 6.45) is 2.99. The van der Waals surface area contributed by atoms with Crippen molar-refractivity contribution in [2.75, 3.05) is 13.1 Å². The zero-order valence-corrected chi connectivity index (χ0v) is 15.0. The first kappa shape index (κ1) is 16.9. The van der Waals surface area contributed by atoms with Crippen molar-refractivity contribution in [3.8, 4) is 0 Å². The van der Waals surface area contributed by atoms with Gasteiger partial charge >= 0.3 is 0 Å². The molecule has 0 spiro atoms. The summed E-state index contributed by atoms with van der Waals surface area (Å²) in [5.74, 6) is 0.297. The Balaban J connectivity index is 1.42. The highest BCUT2D eigenvalue weighted by atomic mass is 19.1. The van der Waals surface area contributed by atoms with Crippen LogP contribution in [0.1, 0.15) is 35.2 Å². The Kier molecular flexibility index (Phi) is 4.80. The molecule has 0 N–H and O–H groups in total. The van der Waals surface area contributed by atoms with Gasteiger partial charge in [0, 0.05) is 25.2 Å². The van der Waals surface area contributed by atoms with Gasteiger partial charge in [-0.3, -0.25) is 4.90 Å². The van der Waals surface area contributed by atoms with Crippen LogP contribution in [0.15, 0.2) is 54.7 Å². The molecule has 4 nitrogen and oxygen atoms in total. The monoisotopic (exact) mass is 350 g/mol. The minimum atomic E-state index is -0.205. The van der Waals surface area contributed by atoms with Crippen molar-refractivity contribution in [3.63, 3.8) is 0 Å². The van der Waals surface area contributed by atoms with Crippen LogP contribution in [0.25, 0.3) is 0 Å². The Morgan fingerprint density at radius 2 is 1.88 bits per heavy atom. The van der Waals surface area contributed by atoms with Gasteiger partial charge < -0.3 is 0 Å². The minimum absolute atomic E-state index is 0.205. The van der Waals surface area contributed by atoms with Gasteiger partial charge in [-0.25, -0.2) is 9.07 Å². The highest BCUT2D eigenvalue weighted by Gasteiger charge is 2.20. The number of fused-ring (bicyclic) bond motifs is 1. The number of benzene rings is 2. The Bertz CT molecular complexity index is 889. The predicted octanol–water partition coefficient (Wildman–Crippen LogP) is 3.63. The second-order valence-electron chi connectivity index (χ2n) is 7.08. The van der Waals surface area contributed by atoms with Crippen molar-refractivity contribution < 1.29 is 4.39 Å². The summed E-state index contributed by atoms with van der Waals surface area (Å²) in [6.45, 7) is 5.49. The molecule has 26 heavy (non-hydrogen) atoms. The first-order chi connectivity index (χ1) is 12.7. The normalized spacial score (nSPS) is 17.7. The van der Waals surface area contributed by atoms with Crippen molar-refractivity contribution in [1.29, 1.82) is 0 Å². The van der Waals surface area contributed by atoms with E-state index in [0.29, 0.717) is 18.0 Å². The lowest BCUT2D eigenvalue weighted by Crippen LogP contribution is -2.27. The quantitative estimate of drug-likeness (QED) is 0.721. The Hall–Kier alpha value is -2.53. The van der Waals surface area contributed by atoms with Gasteiger partial charge in [0.2, 0.25) is 0 Å². The molecule has 0 aliphatic carbocycles. The fourth-order valence-corrected chi connectivity index (χ4v) is 3.76. The van der Waals surface area contributed by atoms with E-state index in [9.17, 15) is 4.39 Å². The summed E-state index contributed by atoms with van der Waals surface area (Å²) in [7, 11) is 0. The number of aromatic nitrogens is 3. The van der Waals surface area contributed by atoms with Crippen molar-refractivity contribution in [3.05, 3.63) is 82.9 Å². The molecule has 1 aliphatic rings. The second kappa shape index (κ2) is 7.38. The minimum Gasteiger partial charge on any atom is -0.296 e. The van der Waals surface area contributed by atoms with E-state index in [1.54, 1.807) is 16.8 Å². The van der Waals surface area contributed by atoms with Crippen LogP contribution in [0.3, 0.4) is 0 Å². The molecule has 1 aliphatic heterocycles. The van der Waals surface area contributed by atoms with E-state index >= 15 is 0 Å². The average molecular weight is 350 g/mol. The van der Waals surface area contributed by atoms with Gasteiger partial charge in [0.25, 0.3) is 0 Å². The van der Waals surface area contributed by atoms with E-state index in [-0.39, 0.29) is 5.82 Å². The molecule has 5 heteroatoms. The molecule has 0 amide bonds. The third-order valence-corrected chi connectivity index (χ3v) is 5.08. The standard InChI is InChI=1S/C21H23FN4/c1-16-12-25(11-10-17-6-2-4-8-20(16)17)14-19-15-26(24-23-19)13-18-7-3-5-9-21(18)22/h2-9,15-16H,10-14H2,1H3. The summed E-state index contributed by atoms with van der Waals surface area (Å²) in [5, 5.41) is 8.46. The lowest BCUT2D eigenvalue weighted by Gasteiger charge is -2.21. The summed E-state index contributed by atoms with van der Waals surface area (Å²) >= 11 is 0. The molecule has 134 valence electrons. The van der Waals surface area contributed by atoms with Crippen LogP contribution in [-0.2, 0) is 19.5 Å². The molecule has 0 radical (unpaired) electrons. The topological polar surface area (TPSA) is 34.0 Å². The molecule has 2 aromatic carbocycles. The molecular formula is C21H23FN4. The third kappa shape index (κ3) is 3.68. The molecule has 1 atom stereocenters. The summed E-state index contributed by atoms with van der Waals surface area (Å²) < 4.78 is 15.5. The van der Waals surface area contributed by atoms with Crippen LogP contribution >= 0.6 is 0 Å². The molecule has 4 rings (SSSR count). The zero-order chi connectivity index (χ0) is 17.9. The molecule has 1 unspecified atom stereocenters. The number of hydrogen-bond donors (Lipinski definition) is 0. The number of hydrogen-bond acceptors (Lipinski definition) is 3. The predicted molar refractivity (Wildman–Crippen MR) is 99.4 cm³/mol. The maximum Gasteiger partial charge on any atom is 0.128 e. The number of rotatable bonds is 4. The van der Waals surface area contributed by atoms with E-state index in [4.69, 9.17) is 0 Å². The molecular weight excluding hydrogens is 327 g/mol. The van der Waals surface area contributed by atoms with E-state index in [1.165, 1.54) is 17.2 Å². The lowest BCUT2D eigenvalue weighted by molar-refractivity contribution is 0.261. The number of halogens is 1. The molecule has 1 aromatic heterocycles. The van der Waals surface area contributed by atoms with Gasteiger partial charge in [-0.1, -0.05) is 54.6 Å². The van der Waals surface area contributed by atoms with Crippen molar-refractivity contribution in [2.24, 2.45) is 0 Å². The third-order valence-electron chi connectivity index (χ3n) is 5.08. The first-order valence-corrected chi connectivity index (χ1v) is 9.11. The summed E-state index contributed by atoms with van der Waals surface area (Å²) in [6, 6.07) is 15.5. The van der Waals surface area contributed by atoms with Gasteiger partial charge in [0.15, 0.2) is 0 Å². The van der Waals surface area contributed by atoms with Crippen LogP contribution in [0, 0.1) is 5.82 Å². The van der Waals surface area contributed by atoms with E-state index in [2.05, 4.69) is 46.4 Å². The van der Waals surface area contributed by atoms with E-state index in [1.807, 2.05) is 12.3 Å². The molecule has 0 fully saturated rings. The maximum atomic E-state index is 13.8. The van der Waals surface area contributed by atoms with E-state index in [0.717, 1.165) is 31.7 Å². The van der Waals surface area contributed by atoms with E-state index < -0.39 is 0 Å². The van der Waals surface area contributed by atoms with Crippen LogP contribution in [0.2, 0.25) is 0 Å². The maximum absolute atomic E-state index is 13.8. The smallest absolute Gasteiger partial charge is 0.128 e. The number of nitrogens with zero attached hydrogens (tertiary/aromatic N) is 4. The summed E-state index contributed by atoms with van der Waals surface area (Å²) in [4.78, 5) is 2.43. The molecule has 2 heterocycles. The molecule has 0 saturated carbocycles.